The highest BCUT2D eigenvalue weighted by Gasteiger charge is 2.17. The summed E-state index contributed by atoms with van der Waals surface area (Å²) in [5, 5.41) is 8.88. The summed E-state index contributed by atoms with van der Waals surface area (Å²) in [6.45, 7) is 6.74. The van der Waals surface area contributed by atoms with Crippen LogP contribution in [0.5, 0.6) is 0 Å². The number of fused-ring (bicyclic) bond motifs is 1. The van der Waals surface area contributed by atoms with Crippen LogP contribution in [0, 0.1) is 0 Å². The van der Waals surface area contributed by atoms with Gasteiger partial charge in [0.25, 0.3) is 5.56 Å². The Hall–Kier alpha value is -2.57. The Bertz CT molecular complexity index is 932. The van der Waals surface area contributed by atoms with Crippen molar-refractivity contribution < 1.29 is 0 Å². The third kappa shape index (κ3) is 4.40. The Labute approximate surface area is 159 Å². The molecule has 6 heteroatoms. The van der Waals surface area contributed by atoms with E-state index in [4.69, 9.17) is 0 Å². The molecule has 0 aliphatic carbocycles. The SMILES string of the molecule is O=c1c2ccccc2nnn1CCN1CCN(CCc2ccccc2)CC1. The Morgan fingerprint density at radius 3 is 2.22 bits per heavy atom. The molecular formula is C21H25N5O. The van der Waals surface area contributed by atoms with Gasteiger partial charge in [0.05, 0.1) is 11.9 Å². The molecule has 6 nitrogen and oxygen atoms in total. The van der Waals surface area contributed by atoms with Crippen molar-refractivity contribution >= 4 is 10.9 Å². The van der Waals surface area contributed by atoms with Gasteiger partial charge in [0, 0.05) is 39.3 Å². The number of rotatable bonds is 6. The van der Waals surface area contributed by atoms with Gasteiger partial charge in [0.1, 0.15) is 5.52 Å². The van der Waals surface area contributed by atoms with E-state index in [1.165, 1.54) is 10.2 Å². The Balaban J connectivity index is 1.26. The Kier molecular flexibility index (Phi) is 5.55. The lowest BCUT2D eigenvalue weighted by atomic mass is 10.1. The molecule has 4 rings (SSSR count). The smallest absolute Gasteiger partial charge is 0.277 e. The highest BCUT2D eigenvalue weighted by atomic mass is 16.1. The molecule has 0 unspecified atom stereocenters. The van der Waals surface area contributed by atoms with Crippen molar-refractivity contribution in [1.29, 1.82) is 0 Å². The summed E-state index contributed by atoms with van der Waals surface area (Å²) in [6, 6.07) is 18.0. The average Bonchev–Trinajstić information content (AvgIpc) is 2.73. The molecule has 1 saturated heterocycles. The molecule has 2 heterocycles. The summed E-state index contributed by atoms with van der Waals surface area (Å²) in [5.41, 5.74) is 2.00. The van der Waals surface area contributed by atoms with E-state index in [-0.39, 0.29) is 5.56 Å². The van der Waals surface area contributed by atoms with E-state index in [2.05, 4.69) is 50.4 Å². The predicted molar refractivity (Wildman–Crippen MR) is 107 cm³/mol. The van der Waals surface area contributed by atoms with Gasteiger partial charge in [-0.3, -0.25) is 9.69 Å². The molecule has 3 aromatic rings. The molecule has 0 amide bonds. The second-order valence-corrected chi connectivity index (χ2v) is 7.05. The van der Waals surface area contributed by atoms with Gasteiger partial charge in [-0.2, -0.15) is 0 Å². The van der Waals surface area contributed by atoms with Gasteiger partial charge in [0.15, 0.2) is 0 Å². The second kappa shape index (κ2) is 8.41. The summed E-state index contributed by atoms with van der Waals surface area (Å²) in [7, 11) is 0. The van der Waals surface area contributed by atoms with E-state index >= 15 is 0 Å². The highest BCUT2D eigenvalue weighted by Crippen LogP contribution is 2.06. The fourth-order valence-electron chi connectivity index (χ4n) is 3.57. The highest BCUT2D eigenvalue weighted by molar-refractivity contribution is 5.76. The summed E-state index contributed by atoms with van der Waals surface area (Å²) < 4.78 is 1.49. The first-order valence-corrected chi connectivity index (χ1v) is 9.61. The molecule has 0 radical (unpaired) electrons. The van der Waals surface area contributed by atoms with Crippen LogP contribution in [0.3, 0.4) is 0 Å². The lowest BCUT2D eigenvalue weighted by molar-refractivity contribution is 0.128. The number of hydrogen-bond acceptors (Lipinski definition) is 5. The van der Waals surface area contributed by atoms with Crippen LogP contribution in [0.4, 0.5) is 0 Å². The Morgan fingerprint density at radius 2 is 1.44 bits per heavy atom. The van der Waals surface area contributed by atoms with Crippen LogP contribution < -0.4 is 5.56 Å². The number of hydrogen-bond donors (Lipinski definition) is 0. The van der Waals surface area contributed by atoms with Crippen molar-refractivity contribution in [2.24, 2.45) is 0 Å². The van der Waals surface area contributed by atoms with Crippen LogP contribution in [-0.2, 0) is 13.0 Å². The third-order valence-electron chi connectivity index (χ3n) is 5.28. The zero-order valence-corrected chi connectivity index (χ0v) is 15.5. The largest absolute Gasteiger partial charge is 0.300 e. The van der Waals surface area contributed by atoms with E-state index in [0.29, 0.717) is 17.4 Å². The van der Waals surface area contributed by atoms with Gasteiger partial charge < -0.3 is 4.90 Å². The number of nitrogens with zero attached hydrogens (tertiary/aromatic N) is 5. The van der Waals surface area contributed by atoms with Crippen LogP contribution >= 0.6 is 0 Å². The molecule has 0 N–H and O–H groups in total. The van der Waals surface area contributed by atoms with E-state index < -0.39 is 0 Å². The van der Waals surface area contributed by atoms with Crippen molar-refractivity contribution in [3.05, 3.63) is 70.5 Å². The van der Waals surface area contributed by atoms with Crippen LogP contribution in [0.2, 0.25) is 0 Å². The molecule has 2 aromatic carbocycles. The zero-order valence-electron chi connectivity index (χ0n) is 15.5. The van der Waals surface area contributed by atoms with E-state index in [1.807, 2.05) is 24.3 Å². The second-order valence-electron chi connectivity index (χ2n) is 7.05. The molecule has 1 fully saturated rings. The van der Waals surface area contributed by atoms with E-state index in [0.717, 1.165) is 45.7 Å². The average molecular weight is 363 g/mol. The fourth-order valence-corrected chi connectivity index (χ4v) is 3.57. The molecule has 1 aliphatic heterocycles. The molecule has 0 spiro atoms. The molecule has 1 aromatic heterocycles. The topological polar surface area (TPSA) is 54.3 Å². The van der Waals surface area contributed by atoms with Gasteiger partial charge in [-0.25, -0.2) is 4.68 Å². The molecule has 1 aliphatic rings. The summed E-state index contributed by atoms with van der Waals surface area (Å²) in [4.78, 5) is 17.4. The van der Waals surface area contributed by atoms with Gasteiger partial charge in [-0.05, 0) is 24.1 Å². The van der Waals surface area contributed by atoms with Crippen LogP contribution in [0.25, 0.3) is 10.9 Å². The minimum atomic E-state index is -0.0536. The monoisotopic (exact) mass is 363 g/mol. The van der Waals surface area contributed by atoms with E-state index in [9.17, 15) is 4.79 Å². The first-order chi connectivity index (χ1) is 13.3. The normalized spacial score (nSPS) is 16.0. The molecule has 0 atom stereocenters. The first-order valence-electron chi connectivity index (χ1n) is 9.61. The van der Waals surface area contributed by atoms with Gasteiger partial charge >= 0.3 is 0 Å². The maximum Gasteiger partial charge on any atom is 0.277 e. The minimum absolute atomic E-state index is 0.0536. The maximum atomic E-state index is 12.5. The lowest BCUT2D eigenvalue weighted by Gasteiger charge is -2.34. The summed E-state index contributed by atoms with van der Waals surface area (Å²) in [6.07, 6.45) is 1.10. The van der Waals surface area contributed by atoms with Gasteiger partial charge in [-0.1, -0.05) is 47.7 Å². The quantitative estimate of drug-likeness (QED) is 0.667. The summed E-state index contributed by atoms with van der Waals surface area (Å²) >= 11 is 0. The van der Waals surface area contributed by atoms with E-state index in [1.54, 1.807) is 0 Å². The van der Waals surface area contributed by atoms with Crippen molar-refractivity contribution in [2.45, 2.75) is 13.0 Å². The first kappa shape index (κ1) is 17.8. The predicted octanol–water partition coefficient (Wildman–Crippen LogP) is 1.65. The number of benzene rings is 2. The number of piperazine rings is 1. The maximum absolute atomic E-state index is 12.5. The minimum Gasteiger partial charge on any atom is -0.300 e. The van der Waals surface area contributed by atoms with Crippen LogP contribution in [-0.4, -0.2) is 64.1 Å². The molecule has 0 saturated carbocycles. The van der Waals surface area contributed by atoms with Crippen molar-refractivity contribution in [1.82, 2.24) is 24.8 Å². The lowest BCUT2D eigenvalue weighted by Crippen LogP contribution is -2.48. The summed E-state index contributed by atoms with van der Waals surface area (Å²) in [5.74, 6) is 0. The van der Waals surface area contributed by atoms with Gasteiger partial charge in [0.2, 0.25) is 0 Å². The molecule has 27 heavy (non-hydrogen) atoms. The van der Waals surface area contributed by atoms with Crippen molar-refractivity contribution in [2.75, 3.05) is 39.3 Å². The number of aromatic nitrogens is 3. The van der Waals surface area contributed by atoms with Crippen molar-refractivity contribution in [3.63, 3.8) is 0 Å². The van der Waals surface area contributed by atoms with Crippen LogP contribution in [0.1, 0.15) is 5.56 Å². The third-order valence-corrected chi connectivity index (χ3v) is 5.28. The van der Waals surface area contributed by atoms with Crippen LogP contribution in [0.15, 0.2) is 59.4 Å². The van der Waals surface area contributed by atoms with Gasteiger partial charge in [-0.15, -0.1) is 5.10 Å². The molecule has 0 bridgehead atoms. The standard InChI is InChI=1S/C21H25N5O/c27-21-19-8-4-5-9-20(19)22-23-26(21)17-16-25-14-12-24(13-15-25)11-10-18-6-2-1-3-7-18/h1-9H,10-17H2. The Morgan fingerprint density at radius 1 is 0.778 bits per heavy atom. The zero-order chi connectivity index (χ0) is 18.5. The fraction of sp³-hybridized carbons (Fsp3) is 0.381. The molecular weight excluding hydrogens is 338 g/mol. The van der Waals surface area contributed by atoms with Crippen molar-refractivity contribution in [3.8, 4) is 0 Å². The molecule has 140 valence electrons.